The molecule has 0 unspecified atom stereocenters. The number of hydrogen-bond donors (Lipinski definition) is 1. The highest BCUT2D eigenvalue weighted by molar-refractivity contribution is 5.92. The van der Waals surface area contributed by atoms with Crippen molar-refractivity contribution in [2.75, 3.05) is 31.6 Å². The first-order chi connectivity index (χ1) is 9.69. The first-order valence-electron chi connectivity index (χ1n) is 7.44. The zero-order valence-electron chi connectivity index (χ0n) is 12.4. The number of aryl methyl sites for hydroxylation is 1. The number of carbonyl (C=O) groups excluding carboxylic acids is 1. The lowest BCUT2D eigenvalue weighted by atomic mass is 10.1. The molecule has 0 radical (unpaired) electrons. The van der Waals surface area contributed by atoms with E-state index in [4.69, 9.17) is 4.74 Å². The summed E-state index contributed by atoms with van der Waals surface area (Å²) >= 11 is 0. The molecule has 1 heterocycles. The molecule has 1 N–H and O–H groups in total. The number of hydrogen-bond acceptors (Lipinski definition) is 3. The van der Waals surface area contributed by atoms with Crippen molar-refractivity contribution in [3.63, 3.8) is 0 Å². The summed E-state index contributed by atoms with van der Waals surface area (Å²) in [5, 5.41) is 2.96. The predicted molar refractivity (Wildman–Crippen MR) is 81.3 cm³/mol. The van der Waals surface area contributed by atoms with Crippen molar-refractivity contribution < 1.29 is 9.53 Å². The summed E-state index contributed by atoms with van der Waals surface area (Å²) in [7, 11) is 0. The van der Waals surface area contributed by atoms with Crippen LogP contribution in [0.1, 0.15) is 31.7 Å². The molecule has 1 aromatic carbocycles. The third-order valence-electron chi connectivity index (χ3n) is 3.57. The van der Waals surface area contributed by atoms with E-state index in [1.54, 1.807) is 0 Å². The van der Waals surface area contributed by atoms with Crippen molar-refractivity contribution in [2.45, 2.75) is 33.1 Å². The molecule has 2 rings (SSSR count). The summed E-state index contributed by atoms with van der Waals surface area (Å²) in [4.78, 5) is 14.2. The molecule has 4 heteroatoms. The van der Waals surface area contributed by atoms with Crippen LogP contribution in [0, 0.1) is 6.92 Å². The monoisotopic (exact) mass is 276 g/mol. The smallest absolute Gasteiger partial charge is 0.238 e. The Kier molecular flexibility index (Phi) is 5.41. The molecule has 1 amide bonds. The van der Waals surface area contributed by atoms with Crippen molar-refractivity contribution in [3.8, 4) is 5.75 Å². The van der Waals surface area contributed by atoms with Gasteiger partial charge < -0.3 is 10.1 Å². The van der Waals surface area contributed by atoms with Crippen LogP contribution in [0.5, 0.6) is 5.75 Å². The van der Waals surface area contributed by atoms with Crippen LogP contribution in [0.25, 0.3) is 0 Å². The van der Waals surface area contributed by atoms with E-state index in [1.807, 2.05) is 32.0 Å². The second-order valence-electron chi connectivity index (χ2n) is 5.30. The van der Waals surface area contributed by atoms with Crippen molar-refractivity contribution >= 4 is 11.6 Å². The van der Waals surface area contributed by atoms with Gasteiger partial charge in [-0.3, -0.25) is 9.69 Å². The van der Waals surface area contributed by atoms with Gasteiger partial charge in [0.15, 0.2) is 0 Å². The fourth-order valence-corrected chi connectivity index (χ4v) is 2.57. The Morgan fingerprint density at radius 2 is 2.05 bits per heavy atom. The van der Waals surface area contributed by atoms with Crippen LogP contribution in [-0.4, -0.2) is 37.0 Å². The van der Waals surface area contributed by atoms with Gasteiger partial charge in [-0.05, 0) is 63.5 Å². The normalized spacial score (nSPS) is 15.9. The number of carbonyl (C=O) groups is 1. The lowest BCUT2D eigenvalue weighted by Crippen LogP contribution is -2.36. The highest BCUT2D eigenvalue weighted by atomic mass is 16.5. The molecular weight excluding hydrogens is 252 g/mol. The van der Waals surface area contributed by atoms with Crippen LogP contribution < -0.4 is 10.1 Å². The summed E-state index contributed by atoms with van der Waals surface area (Å²) in [6, 6.07) is 5.76. The minimum Gasteiger partial charge on any atom is -0.494 e. The number of piperidine rings is 1. The Labute approximate surface area is 121 Å². The summed E-state index contributed by atoms with van der Waals surface area (Å²) in [6.45, 7) is 7.18. The van der Waals surface area contributed by atoms with E-state index in [2.05, 4.69) is 10.2 Å². The van der Waals surface area contributed by atoms with Crippen LogP contribution in [0.2, 0.25) is 0 Å². The maximum Gasteiger partial charge on any atom is 0.238 e. The number of ether oxygens (including phenoxy) is 1. The van der Waals surface area contributed by atoms with Crippen molar-refractivity contribution in [1.82, 2.24) is 4.90 Å². The van der Waals surface area contributed by atoms with Gasteiger partial charge in [0.25, 0.3) is 0 Å². The Bertz CT molecular complexity index is 454. The molecule has 1 aromatic rings. The van der Waals surface area contributed by atoms with E-state index in [1.165, 1.54) is 19.3 Å². The molecule has 0 bridgehead atoms. The SMILES string of the molecule is CCOc1ccc(NC(=O)CN2CCCCC2)cc1C. The van der Waals surface area contributed by atoms with Crippen LogP contribution in [-0.2, 0) is 4.79 Å². The average molecular weight is 276 g/mol. The number of amides is 1. The molecule has 1 fully saturated rings. The van der Waals surface area contributed by atoms with E-state index < -0.39 is 0 Å². The number of nitrogens with one attached hydrogen (secondary N) is 1. The van der Waals surface area contributed by atoms with Gasteiger partial charge in [0.05, 0.1) is 13.2 Å². The van der Waals surface area contributed by atoms with E-state index in [0.29, 0.717) is 13.2 Å². The number of nitrogens with zero attached hydrogens (tertiary/aromatic N) is 1. The topological polar surface area (TPSA) is 41.6 Å². The highest BCUT2D eigenvalue weighted by Gasteiger charge is 2.14. The fourth-order valence-electron chi connectivity index (χ4n) is 2.57. The minimum absolute atomic E-state index is 0.0652. The molecule has 1 saturated heterocycles. The predicted octanol–water partition coefficient (Wildman–Crippen LogP) is 2.82. The van der Waals surface area contributed by atoms with E-state index in [9.17, 15) is 4.79 Å². The molecule has 1 aliphatic rings. The van der Waals surface area contributed by atoms with Gasteiger partial charge in [-0.2, -0.15) is 0 Å². The summed E-state index contributed by atoms with van der Waals surface area (Å²) in [5.74, 6) is 0.942. The van der Waals surface area contributed by atoms with Crippen LogP contribution >= 0.6 is 0 Å². The lowest BCUT2D eigenvalue weighted by Gasteiger charge is -2.25. The fraction of sp³-hybridized carbons (Fsp3) is 0.562. The number of rotatable bonds is 5. The van der Waals surface area contributed by atoms with Gasteiger partial charge in [-0.1, -0.05) is 6.42 Å². The largest absolute Gasteiger partial charge is 0.494 e. The van der Waals surface area contributed by atoms with Crippen LogP contribution in [0.15, 0.2) is 18.2 Å². The summed E-state index contributed by atoms with van der Waals surface area (Å²) < 4.78 is 5.50. The maximum absolute atomic E-state index is 12.0. The van der Waals surface area contributed by atoms with E-state index >= 15 is 0 Å². The van der Waals surface area contributed by atoms with Gasteiger partial charge in [0, 0.05) is 5.69 Å². The summed E-state index contributed by atoms with van der Waals surface area (Å²) in [5.41, 5.74) is 1.88. The molecule has 20 heavy (non-hydrogen) atoms. The molecule has 110 valence electrons. The molecule has 0 aromatic heterocycles. The van der Waals surface area contributed by atoms with Crippen molar-refractivity contribution in [3.05, 3.63) is 23.8 Å². The van der Waals surface area contributed by atoms with Crippen LogP contribution in [0.4, 0.5) is 5.69 Å². The molecule has 0 spiro atoms. The van der Waals surface area contributed by atoms with Gasteiger partial charge in [0.1, 0.15) is 5.75 Å². The quantitative estimate of drug-likeness (QED) is 0.899. The Balaban J connectivity index is 1.88. The zero-order valence-corrected chi connectivity index (χ0v) is 12.4. The number of anilines is 1. The lowest BCUT2D eigenvalue weighted by molar-refractivity contribution is -0.117. The Morgan fingerprint density at radius 3 is 2.70 bits per heavy atom. The molecular formula is C16H24N2O2. The first-order valence-corrected chi connectivity index (χ1v) is 7.44. The third-order valence-corrected chi connectivity index (χ3v) is 3.57. The molecule has 4 nitrogen and oxygen atoms in total. The van der Waals surface area contributed by atoms with E-state index in [-0.39, 0.29) is 5.91 Å². The maximum atomic E-state index is 12.0. The van der Waals surface area contributed by atoms with Gasteiger partial charge >= 0.3 is 0 Å². The highest BCUT2D eigenvalue weighted by Crippen LogP contribution is 2.22. The molecule has 0 saturated carbocycles. The third kappa shape index (κ3) is 4.23. The van der Waals surface area contributed by atoms with E-state index in [0.717, 1.165) is 30.1 Å². The number of likely N-dealkylation sites (tertiary alicyclic amines) is 1. The van der Waals surface area contributed by atoms with Gasteiger partial charge in [-0.15, -0.1) is 0 Å². The average Bonchev–Trinajstić information content (AvgIpc) is 2.43. The minimum atomic E-state index is 0.0652. The zero-order chi connectivity index (χ0) is 14.4. The molecule has 0 atom stereocenters. The summed E-state index contributed by atoms with van der Waals surface area (Å²) in [6.07, 6.45) is 3.70. The van der Waals surface area contributed by atoms with Gasteiger partial charge in [-0.25, -0.2) is 0 Å². The number of benzene rings is 1. The standard InChI is InChI=1S/C16H24N2O2/c1-3-20-15-8-7-14(11-13(15)2)17-16(19)12-18-9-5-4-6-10-18/h7-8,11H,3-6,9-10,12H2,1-2H3,(H,17,19). The second-order valence-corrected chi connectivity index (χ2v) is 5.30. The molecule has 0 aliphatic carbocycles. The Hall–Kier alpha value is -1.55. The van der Waals surface area contributed by atoms with Crippen molar-refractivity contribution in [2.24, 2.45) is 0 Å². The molecule has 1 aliphatic heterocycles. The van der Waals surface area contributed by atoms with Gasteiger partial charge in [0.2, 0.25) is 5.91 Å². The van der Waals surface area contributed by atoms with Crippen LogP contribution in [0.3, 0.4) is 0 Å². The first kappa shape index (κ1) is 14.9. The second kappa shape index (κ2) is 7.29. The Morgan fingerprint density at radius 1 is 1.30 bits per heavy atom. The van der Waals surface area contributed by atoms with Crippen molar-refractivity contribution in [1.29, 1.82) is 0 Å².